The summed E-state index contributed by atoms with van der Waals surface area (Å²) in [5.74, 6) is 0.963. The van der Waals surface area contributed by atoms with Crippen molar-refractivity contribution < 1.29 is 9.50 Å². The number of hydrogen-bond donors (Lipinski definition) is 1. The number of fused-ring (bicyclic) bond motifs is 1. The largest absolute Gasteiger partial charge is 0.393 e. The molecule has 1 aromatic carbocycles. The second-order valence-corrected chi connectivity index (χ2v) is 6.01. The van der Waals surface area contributed by atoms with E-state index in [-0.39, 0.29) is 11.9 Å². The molecular weight excluding hydrogens is 253 g/mol. The Balaban J connectivity index is 1.65. The molecule has 18 heavy (non-hydrogen) atoms. The van der Waals surface area contributed by atoms with Crippen molar-refractivity contribution in [3.8, 4) is 0 Å². The van der Waals surface area contributed by atoms with Crippen LogP contribution in [0.5, 0.6) is 0 Å². The first-order valence-corrected chi connectivity index (χ1v) is 6.84. The van der Waals surface area contributed by atoms with Gasteiger partial charge in [-0.3, -0.25) is 4.90 Å². The lowest BCUT2D eigenvalue weighted by atomic mass is 10.0. The highest BCUT2D eigenvalue weighted by molar-refractivity contribution is 6.30. The molecule has 1 N–H and O–H groups in total. The van der Waals surface area contributed by atoms with Crippen LogP contribution in [0.3, 0.4) is 0 Å². The van der Waals surface area contributed by atoms with Gasteiger partial charge in [-0.25, -0.2) is 4.39 Å². The molecule has 3 atom stereocenters. The molecule has 0 radical (unpaired) electrons. The van der Waals surface area contributed by atoms with Gasteiger partial charge in [0.15, 0.2) is 0 Å². The van der Waals surface area contributed by atoms with Crippen LogP contribution >= 0.6 is 11.6 Å². The van der Waals surface area contributed by atoms with E-state index in [1.54, 1.807) is 12.1 Å². The van der Waals surface area contributed by atoms with E-state index in [9.17, 15) is 9.50 Å². The monoisotopic (exact) mass is 269 g/mol. The highest BCUT2D eigenvalue weighted by Crippen LogP contribution is 2.38. The van der Waals surface area contributed by atoms with Crippen LogP contribution in [0.4, 0.5) is 4.39 Å². The summed E-state index contributed by atoms with van der Waals surface area (Å²) < 4.78 is 13.7. The second-order valence-electron chi connectivity index (χ2n) is 5.58. The maximum Gasteiger partial charge on any atom is 0.129 e. The SMILES string of the molecule is OC1C[C@@H]2CN(Cc3ccc(Cl)cc3F)C[C@@H]2C1. The average Bonchev–Trinajstić information content (AvgIpc) is 2.79. The lowest BCUT2D eigenvalue weighted by Crippen LogP contribution is -2.23. The number of halogens is 2. The molecule has 1 aliphatic heterocycles. The van der Waals surface area contributed by atoms with Gasteiger partial charge in [0.25, 0.3) is 0 Å². The molecule has 1 saturated heterocycles. The minimum Gasteiger partial charge on any atom is -0.393 e. The number of likely N-dealkylation sites (tertiary alicyclic amines) is 1. The molecule has 0 aromatic heterocycles. The summed E-state index contributed by atoms with van der Waals surface area (Å²) in [4.78, 5) is 2.29. The maximum absolute atomic E-state index is 13.7. The Morgan fingerprint density at radius 2 is 1.94 bits per heavy atom. The fraction of sp³-hybridized carbons (Fsp3) is 0.571. The summed E-state index contributed by atoms with van der Waals surface area (Å²) in [5.41, 5.74) is 0.708. The van der Waals surface area contributed by atoms with Crippen molar-refractivity contribution in [2.24, 2.45) is 11.8 Å². The van der Waals surface area contributed by atoms with Gasteiger partial charge in [0.1, 0.15) is 5.82 Å². The van der Waals surface area contributed by atoms with Crippen molar-refractivity contribution in [2.45, 2.75) is 25.5 Å². The van der Waals surface area contributed by atoms with Gasteiger partial charge in [-0.2, -0.15) is 0 Å². The number of aliphatic hydroxyl groups excluding tert-OH is 1. The van der Waals surface area contributed by atoms with E-state index in [1.165, 1.54) is 6.07 Å². The van der Waals surface area contributed by atoms with E-state index < -0.39 is 0 Å². The molecule has 2 fully saturated rings. The summed E-state index contributed by atoms with van der Waals surface area (Å²) in [5, 5.41) is 10.0. The third-order valence-corrected chi connectivity index (χ3v) is 4.45. The van der Waals surface area contributed by atoms with Gasteiger partial charge < -0.3 is 5.11 Å². The normalized spacial score (nSPS) is 31.8. The van der Waals surface area contributed by atoms with Crippen molar-refractivity contribution >= 4 is 11.6 Å². The Morgan fingerprint density at radius 3 is 2.56 bits per heavy atom. The molecule has 1 heterocycles. The standard InChI is InChI=1S/C14H17ClFNO/c15-12-2-1-9(14(16)5-12)6-17-7-10-3-13(18)4-11(10)8-17/h1-2,5,10-11,13,18H,3-4,6-8H2/t10-,11+,13?. The van der Waals surface area contributed by atoms with E-state index in [4.69, 9.17) is 11.6 Å². The molecule has 0 spiro atoms. The Labute approximate surface area is 111 Å². The first-order chi connectivity index (χ1) is 8.61. The molecule has 4 heteroatoms. The fourth-order valence-corrected chi connectivity index (χ4v) is 3.54. The van der Waals surface area contributed by atoms with Crippen LogP contribution in [0.2, 0.25) is 5.02 Å². The number of aliphatic hydroxyl groups is 1. The third kappa shape index (κ3) is 2.40. The second kappa shape index (κ2) is 4.80. The molecule has 0 amide bonds. The van der Waals surface area contributed by atoms with Crippen molar-refractivity contribution in [3.05, 3.63) is 34.6 Å². The first-order valence-electron chi connectivity index (χ1n) is 6.46. The third-order valence-electron chi connectivity index (χ3n) is 4.21. The lowest BCUT2D eigenvalue weighted by molar-refractivity contribution is 0.161. The van der Waals surface area contributed by atoms with Gasteiger partial charge >= 0.3 is 0 Å². The summed E-state index contributed by atoms with van der Waals surface area (Å²) in [6.07, 6.45) is 1.70. The van der Waals surface area contributed by atoms with Crippen LogP contribution in [-0.2, 0) is 6.54 Å². The molecule has 3 rings (SSSR count). The first kappa shape index (κ1) is 12.4. The van der Waals surface area contributed by atoms with Crippen LogP contribution in [0.25, 0.3) is 0 Å². The summed E-state index contributed by atoms with van der Waals surface area (Å²) >= 11 is 5.75. The average molecular weight is 270 g/mol. The Kier molecular flexibility index (Phi) is 3.31. The van der Waals surface area contributed by atoms with Gasteiger partial charge in [0, 0.05) is 30.2 Å². The van der Waals surface area contributed by atoms with Crippen molar-refractivity contribution in [2.75, 3.05) is 13.1 Å². The molecule has 0 bridgehead atoms. The van der Waals surface area contributed by atoms with Crippen LogP contribution in [0.1, 0.15) is 18.4 Å². The van der Waals surface area contributed by atoms with Crippen LogP contribution in [0.15, 0.2) is 18.2 Å². The zero-order valence-corrected chi connectivity index (χ0v) is 10.9. The van der Waals surface area contributed by atoms with Crippen LogP contribution in [0, 0.1) is 17.7 Å². The summed E-state index contributed by atoms with van der Waals surface area (Å²) in [7, 11) is 0. The van der Waals surface area contributed by atoms with E-state index in [2.05, 4.69) is 4.90 Å². The van der Waals surface area contributed by atoms with Gasteiger partial charge in [0.2, 0.25) is 0 Å². The molecule has 2 aliphatic rings. The number of hydrogen-bond acceptors (Lipinski definition) is 2. The van der Waals surface area contributed by atoms with Crippen molar-refractivity contribution in [3.63, 3.8) is 0 Å². The van der Waals surface area contributed by atoms with Crippen LogP contribution in [-0.4, -0.2) is 29.2 Å². The maximum atomic E-state index is 13.7. The van der Waals surface area contributed by atoms with Gasteiger partial charge in [-0.15, -0.1) is 0 Å². The lowest BCUT2D eigenvalue weighted by Gasteiger charge is -2.18. The van der Waals surface area contributed by atoms with Gasteiger partial charge in [-0.1, -0.05) is 17.7 Å². The van der Waals surface area contributed by atoms with Crippen molar-refractivity contribution in [1.82, 2.24) is 4.90 Å². The summed E-state index contributed by atoms with van der Waals surface area (Å²) in [6.45, 7) is 2.60. The minimum absolute atomic E-state index is 0.116. The molecule has 1 aromatic rings. The zero-order valence-electron chi connectivity index (χ0n) is 10.1. The highest BCUT2D eigenvalue weighted by Gasteiger charge is 2.40. The topological polar surface area (TPSA) is 23.5 Å². The Bertz CT molecular complexity index is 439. The van der Waals surface area contributed by atoms with E-state index >= 15 is 0 Å². The van der Waals surface area contributed by atoms with E-state index in [0.29, 0.717) is 29.0 Å². The molecule has 1 saturated carbocycles. The Morgan fingerprint density at radius 1 is 1.28 bits per heavy atom. The fourth-order valence-electron chi connectivity index (χ4n) is 3.39. The molecule has 2 nitrogen and oxygen atoms in total. The predicted molar refractivity (Wildman–Crippen MR) is 68.9 cm³/mol. The Hall–Kier alpha value is -0.640. The predicted octanol–water partition coefficient (Wildman–Crippen LogP) is 2.68. The van der Waals surface area contributed by atoms with E-state index in [0.717, 1.165) is 25.9 Å². The number of nitrogens with zero attached hydrogens (tertiary/aromatic N) is 1. The minimum atomic E-state index is -0.223. The highest BCUT2D eigenvalue weighted by atomic mass is 35.5. The molecular formula is C14H17ClFNO. The van der Waals surface area contributed by atoms with Crippen LogP contribution < -0.4 is 0 Å². The van der Waals surface area contributed by atoms with E-state index in [1.807, 2.05) is 0 Å². The zero-order chi connectivity index (χ0) is 12.7. The summed E-state index contributed by atoms with van der Waals surface area (Å²) in [6, 6.07) is 4.87. The quantitative estimate of drug-likeness (QED) is 0.892. The smallest absolute Gasteiger partial charge is 0.129 e. The molecule has 1 aliphatic carbocycles. The van der Waals surface area contributed by atoms with Gasteiger partial charge in [-0.05, 0) is 36.8 Å². The van der Waals surface area contributed by atoms with Crippen molar-refractivity contribution in [1.29, 1.82) is 0 Å². The van der Waals surface area contributed by atoms with Gasteiger partial charge in [0.05, 0.1) is 6.10 Å². The number of benzene rings is 1. The molecule has 98 valence electrons. The molecule has 1 unspecified atom stereocenters. The number of rotatable bonds is 2.